The van der Waals surface area contributed by atoms with E-state index in [0.717, 1.165) is 11.3 Å². The van der Waals surface area contributed by atoms with Crippen molar-refractivity contribution in [2.24, 2.45) is 0 Å². The number of benzene rings is 1. The van der Waals surface area contributed by atoms with Gasteiger partial charge in [-0.05, 0) is 42.5 Å². The van der Waals surface area contributed by atoms with Crippen LogP contribution < -0.4 is 5.32 Å². The maximum Gasteiger partial charge on any atom is 0.220 e. The molecule has 1 saturated carbocycles. The lowest BCUT2D eigenvalue weighted by Crippen LogP contribution is -2.23. The molecule has 0 atom stereocenters. The highest BCUT2D eigenvalue weighted by atomic mass is 19.1. The molecule has 114 valence electrons. The first-order valence-corrected chi connectivity index (χ1v) is 7.67. The van der Waals surface area contributed by atoms with Gasteiger partial charge < -0.3 is 5.32 Å². The van der Waals surface area contributed by atoms with Crippen molar-refractivity contribution in [3.8, 4) is 0 Å². The van der Waals surface area contributed by atoms with Gasteiger partial charge in [0.2, 0.25) is 5.91 Å². The van der Waals surface area contributed by atoms with Crippen LogP contribution in [0.3, 0.4) is 0 Å². The minimum absolute atomic E-state index is 0.0745. The van der Waals surface area contributed by atoms with Crippen LogP contribution in [0.4, 0.5) is 4.39 Å². The molecular formula is C18H19FN2O. The Labute approximate surface area is 129 Å². The van der Waals surface area contributed by atoms with Crippen LogP contribution in [0.5, 0.6) is 0 Å². The van der Waals surface area contributed by atoms with Gasteiger partial charge in [-0.15, -0.1) is 0 Å². The lowest BCUT2D eigenvalue weighted by atomic mass is 10.1. The third kappa shape index (κ3) is 3.91. The van der Waals surface area contributed by atoms with Gasteiger partial charge in [-0.2, -0.15) is 0 Å². The van der Waals surface area contributed by atoms with Crippen LogP contribution in [-0.2, 0) is 17.8 Å². The number of halogens is 1. The molecule has 1 heterocycles. The molecule has 2 aromatic rings. The van der Waals surface area contributed by atoms with Crippen LogP contribution in [0.15, 0.2) is 42.6 Å². The van der Waals surface area contributed by atoms with E-state index in [-0.39, 0.29) is 18.1 Å². The lowest BCUT2D eigenvalue weighted by molar-refractivity contribution is -0.121. The molecule has 22 heavy (non-hydrogen) atoms. The Bertz CT molecular complexity index is 650. The number of nitrogens with zero attached hydrogens (tertiary/aromatic N) is 1. The second kappa shape index (κ2) is 6.69. The van der Waals surface area contributed by atoms with E-state index in [9.17, 15) is 9.18 Å². The van der Waals surface area contributed by atoms with E-state index in [0.29, 0.717) is 24.4 Å². The second-order valence-electron chi connectivity index (χ2n) is 5.73. The fourth-order valence-corrected chi connectivity index (χ4v) is 2.40. The molecule has 0 radical (unpaired) electrons. The molecule has 0 saturated heterocycles. The van der Waals surface area contributed by atoms with Crippen LogP contribution in [0.25, 0.3) is 0 Å². The Morgan fingerprint density at radius 1 is 1.23 bits per heavy atom. The number of carbonyl (C=O) groups is 1. The van der Waals surface area contributed by atoms with Gasteiger partial charge in [0.15, 0.2) is 0 Å². The van der Waals surface area contributed by atoms with Crippen molar-refractivity contribution in [1.82, 2.24) is 10.3 Å². The molecule has 3 nitrogen and oxygen atoms in total. The van der Waals surface area contributed by atoms with Gasteiger partial charge in [0.05, 0.1) is 0 Å². The van der Waals surface area contributed by atoms with Crippen LogP contribution in [0.2, 0.25) is 0 Å². The first-order valence-electron chi connectivity index (χ1n) is 7.67. The Balaban J connectivity index is 1.44. The summed E-state index contributed by atoms with van der Waals surface area (Å²) in [5.74, 6) is 0.314. The summed E-state index contributed by atoms with van der Waals surface area (Å²) in [7, 11) is 0. The Morgan fingerprint density at radius 2 is 2.05 bits per heavy atom. The monoisotopic (exact) mass is 298 g/mol. The molecule has 1 fully saturated rings. The van der Waals surface area contributed by atoms with Gasteiger partial charge in [0.25, 0.3) is 0 Å². The van der Waals surface area contributed by atoms with Crippen molar-refractivity contribution in [3.05, 3.63) is 65.2 Å². The quantitative estimate of drug-likeness (QED) is 0.888. The van der Waals surface area contributed by atoms with E-state index in [1.807, 2.05) is 18.3 Å². The van der Waals surface area contributed by atoms with E-state index in [4.69, 9.17) is 0 Å². The molecule has 4 heteroatoms. The normalized spacial score (nSPS) is 13.9. The van der Waals surface area contributed by atoms with E-state index in [1.165, 1.54) is 18.9 Å². The van der Waals surface area contributed by atoms with Gasteiger partial charge in [-0.3, -0.25) is 9.78 Å². The average molecular weight is 298 g/mol. The van der Waals surface area contributed by atoms with Crippen LogP contribution in [-0.4, -0.2) is 10.9 Å². The molecule has 0 spiro atoms. The number of carbonyl (C=O) groups excluding carboxylic acids is 1. The molecule has 1 N–H and O–H groups in total. The highest BCUT2D eigenvalue weighted by molar-refractivity contribution is 5.76. The number of aromatic nitrogens is 1. The Kier molecular flexibility index (Phi) is 4.47. The van der Waals surface area contributed by atoms with E-state index < -0.39 is 0 Å². The molecule has 0 unspecified atom stereocenters. The minimum Gasteiger partial charge on any atom is -0.352 e. The van der Waals surface area contributed by atoms with Gasteiger partial charge >= 0.3 is 0 Å². The van der Waals surface area contributed by atoms with Gasteiger partial charge in [0, 0.05) is 30.8 Å². The SMILES string of the molecule is O=C(CCc1ccccc1F)NCc1ccc(C2CC2)nc1. The summed E-state index contributed by atoms with van der Waals surface area (Å²) in [5.41, 5.74) is 2.71. The molecular weight excluding hydrogens is 279 g/mol. The summed E-state index contributed by atoms with van der Waals surface area (Å²) in [5, 5.41) is 2.85. The molecule has 0 aliphatic heterocycles. The Morgan fingerprint density at radius 3 is 2.73 bits per heavy atom. The predicted molar refractivity (Wildman–Crippen MR) is 82.8 cm³/mol. The zero-order valence-electron chi connectivity index (χ0n) is 12.4. The second-order valence-corrected chi connectivity index (χ2v) is 5.73. The number of nitrogens with one attached hydrogen (secondary N) is 1. The summed E-state index contributed by atoms with van der Waals surface area (Å²) in [4.78, 5) is 16.3. The number of hydrogen-bond donors (Lipinski definition) is 1. The van der Waals surface area contributed by atoms with Crippen molar-refractivity contribution >= 4 is 5.91 Å². The van der Waals surface area contributed by atoms with E-state index >= 15 is 0 Å². The molecule has 1 aromatic carbocycles. The first kappa shape index (κ1) is 14.7. The molecule has 1 aliphatic carbocycles. The highest BCUT2D eigenvalue weighted by Crippen LogP contribution is 2.38. The van der Waals surface area contributed by atoms with Crippen LogP contribution in [0, 0.1) is 5.82 Å². The number of pyridine rings is 1. The summed E-state index contributed by atoms with van der Waals surface area (Å²) in [6.07, 6.45) is 4.99. The van der Waals surface area contributed by atoms with Gasteiger partial charge in [-0.25, -0.2) is 4.39 Å². The molecule has 0 bridgehead atoms. The maximum absolute atomic E-state index is 13.5. The highest BCUT2D eigenvalue weighted by Gasteiger charge is 2.24. The van der Waals surface area contributed by atoms with Crippen molar-refractivity contribution < 1.29 is 9.18 Å². The summed E-state index contributed by atoms with van der Waals surface area (Å²) < 4.78 is 13.5. The topological polar surface area (TPSA) is 42.0 Å². The van der Waals surface area contributed by atoms with E-state index in [2.05, 4.69) is 10.3 Å². The summed E-state index contributed by atoms with van der Waals surface area (Å²) in [6.45, 7) is 0.466. The summed E-state index contributed by atoms with van der Waals surface area (Å²) in [6, 6.07) is 10.6. The smallest absolute Gasteiger partial charge is 0.220 e. The maximum atomic E-state index is 13.5. The zero-order chi connectivity index (χ0) is 15.4. The number of hydrogen-bond acceptors (Lipinski definition) is 2. The predicted octanol–water partition coefficient (Wildman–Crippen LogP) is 3.35. The number of amides is 1. The average Bonchev–Trinajstić information content (AvgIpc) is 3.37. The fourth-order valence-electron chi connectivity index (χ4n) is 2.40. The van der Waals surface area contributed by atoms with Crippen LogP contribution >= 0.6 is 0 Å². The van der Waals surface area contributed by atoms with Crippen molar-refractivity contribution in [3.63, 3.8) is 0 Å². The lowest BCUT2D eigenvalue weighted by Gasteiger charge is -2.06. The van der Waals surface area contributed by atoms with Gasteiger partial charge in [0.1, 0.15) is 5.82 Å². The summed E-state index contributed by atoms with van der Waals surface area (Å²) >= 11 is 0. The van der Waals surface area contributed by atoms with Crippen molar-refractivity contribution in [2.75, 3.05) is 0 Å². The fraction of sp³-hybridized carbons (Fsp3) is 0.333. The van der Waals surface area contributed by atoms with E-state index in [1.54, 1.807) is 18.2 Å². The molecule has 3 rings (SSSR count). The first-order chi connectivity index (χ1) is 10.7. The largest absolute Gasteiger partial charge is 0.352 e. The van der Waals surface area contributed by atoms with Gasteiger partial charge in [-0.1, -0.05) is 24.3 Å². The third-order valence-corrected chi connectivity index (χ3v) is 3.91. The third-order valence-electron chi connectivity index (χ3n) is 3.91. The zero-order valence-corrected chi connectivity index (χ0v) is 12.4. The number of rotatable bonds is 6. The molecule has 1 aromatic heterocycles. The Hall–Kier alpha value is -2.23. The van der Waals surface area contributed by atoms with Crippen molar-refractivity contribution in [1.29, 1.82) is 0 Å². The number of aryl methyl sites for hydroxylation is 1. The molecule has 1 aliphatic rings. The standard InChI is InChI=1S/C18H19FN2O/c19-16-4-2-1-3-14(16)8-10-18(22)21-12-13-5-9-17(20-11-13)15-6-7-15/h1-5,9,11,15H,6-8,10,12H2,(H,21,22). The van der Waals surface area contributed by atoms with Crippen molar-refractivity contribution in [2.45, 2.75) is 38.1 Å². The minimum atomic E-state index is -0.254. The molecule has 1 amide bonds. The van der Waals surface area contributed by atoms with Crippen LogP contribution in [0.1, 0.15) is 42.0 Å².